The van der Waals surface area contributed by atoms with Gasteiger partial charge in [-0.15, -0.1) is 23.1 Å². The lowest BCUT2D eigenvalue weighted by Gasteiger charge is -2.29. The smallest absolute Gasteiger partial charge is 0.329 e. The highest BCUT2D eigenvalue weighted by Crippen LogP contribution is 2.34. The van der Waals surface area contributed by atoms with E-state index in [9.17, 15) is 24.9 Å². The van der Waals surface area contributed by atoms with Crippen LogP contribution < -0.4 is 20.1 Å². The number of carboxylic acids is 1. The SMILES string of the molecule is C=c1c(C)c(O)c(=C)c(C(C)(C)CC(=O)N(C)c2ccc(COc3ccc4nc(C5=N[C@@H](C(=O)O)CS5)sc4c3)cc2)c1O. The number of hydrogen-bond donors (Lipinski definition) is 3. The molecular weight excluding hydrogens is 599 g/mol. The summed E-state index contributed by atoms with van der Waals surface area (Å²) in [6.45, 7) is 13.5. The van der Waals surface area contributed by atoms with Gasteiger partial charge in [0.2, 0.25) is 5.91 Å². The Balaban J connectivity index is 1.23. The van der Waals surface area contributed by atoms with E-state index in [1.165, 1.54) is 23.1 Å². The third-order valence-corrected chi connectivity index (χ3v) is 9.98. The summed E-state index contributed by atoms with van der Waals surface area (Å²) >= 11 is 2.86. The highest BCUT2D eigenvalue weighted by Gasteiger charge is 2.31. The quantitative estimate of drug-likeness (QED) is 0.227. The lowest BCUT2D eigenvalue weighted by molar-refractivity contribution is -0.137. The van der Waals surface area contributed by atoms with E-state index in [0.717, 1.165) is 15.8 Å². The number of hydrogen-bond acceptors (Lipinski definition) is 9. The first-order chi connectivity index (χ1) is 20.8. The van der Waals surface area contributed by atoms with Crippen molar-refractivity contribution < 1.29 is 29.6 Å². The number of fused-ring (bicyclic) bond motifs is 1. The van der Waals surface area contributed by atoms with E-state index < -0.39 is 17.4 Å². The standard InChI is InChI=1S/C33H33N3O6S2/c1-17-18(2)29(39)27(19(3)28(17)38)33(4,5)14-26(37)36(6)21-9-7-20(8-10-21)15-42-22-11-12-23-25(13-22)44-31(34-23)30-35-24(16-43-30)32(40)41/h7-13,24,38-39H,2-3,14-16H2,1,4-6H3,(H,40,41)/t24-/m1/s1. The molecule has 2 heterocycles. The largest absolute Gasteiger partial charge is 0.507 e. The number of benzene rings is 3. The number of phenolic OH excluding ortho intramolecular Hbond substituents is 2. The molecule has 3 N–H and O–H groups in total. The summed E-state index contributed by atoms with van der Waals surface area (Å²) < 4.78 is 6.95. The summed E-state index contributed by atoms with van der Waals surface area (Å²) in [5, 5.41) is 32.5. The number of thiazole rings is 1. The molecule has 9 nitrogen and oxygen atoms in total. The molecule has 0 unspecified atom stereocenters. The number of aliphatic imine (C=N–C) groups is 1. The topological polar surface area (TPSA) is 133 Å². The number of phenols is 2. The van der Waals surface area contributed by atoms with Crippen LogP contribution in [0, 0.1) is 6.92 Å². The monoisotopic (exact) mass is 631 g/mol. The van der Waals surface area contributed by atoms with Crippen LogP contribution in [0.2, 0.25) is 0 Å². The fraction of sp³-hybridized carbons (Fsp3) is 0.273. The molecule has 0 saturated carbocycles. The molecule has 0 saturated heterocycles. The van der Waals surface area contributed by atoms with Gasteiger partial charge in [0.25, 0.3) is 0 Å². The highest BCUT2D eigenvalue weighted by molar-refractivity contribution is 8.15. The number of aliphatic carboxylic acids is 1. The van der Waals surface area contributed by atoms with E-state index in [-0.39, 0.29) is 23.8 Å². The van der Waals surface area contributed by atoms with E-state index in [2.05, 4.69) is 23.1 Å². The maximum Gasteiger partial charge on any atom is 0.329 e. The van der Waals surface area contributed by atoms with Crippen molar-refractivity contribution in [3.63, 3.8) is 0 Å². The van der Waals surface area contributed by atoms with Crippen molar-refractivity contribution in [2.75, 3.05) is 17.7 Å². The van der Waals surface area contributed by atoms with Gasteiger partial charge in [-0.25, -0.2) is 9.78 Å². The number of carbonyl (C=O) groups is 2. The second-order valence-electron chi connectivity index (χ2n) is 11.4. The van der Waals surface area contributed by atoms with E-state index >= 15 is 0 Å². The van der Waals surface area contributed by atoms with Gasteiger partial charge in [0.15, 0.2) is 6.04 Å². The number of rotatable bonds is 9. The zero-order valence-electron chi connectivity index (χ0n) is 24.9. The fourth-order valence-corrected chi connectivity index (χ4v) is 7.19. The van der Waals surface area contributed by atoms with Gasteiger partial charge in [-0.05, 0) is 42.8 Å². The molecule has 0 fully saturated rings. The number of thioether (sulfide) groups is 1. The third-order valence-electron chi connectivity index (χ3n) is 7.77. The fourth-order valence-electron chi connectivity index (χ4n) is 5.10. The van der Waals surface area contributed by atoms with E-state index in [1.54, 1.807) is 18.9 Å². The van der Waals surface area contributed by atoms with Gasteiger partial charge >= 0.3 is 5.97 Å². The van der Waals surface area contributed by atoms with Crippen molar-refractivity contribution in [3.8, 4) is 17.2 Å². The zero-order valence-corrected chi connectivity index (χ0v) is 26.5. The Labute approximate surface area is 262 Å². The lowest BCUT2D eigenvalue weighted by Crippen LogP contribution is -2.36. The van der Waals surface area contributed by atoms with Crippen molar-refractivity contribution in [3.05, 3.63) is 74.6 Å². The maximum atomic E-state index is 13.3. The number of carboxylic acid groups (broad SMARTS) is 1. The Kier molecular flexibility index (Phi) is 8.46. The highest BCUT2D eigenvalue weighted by atomic mass is 32.2. The predicted octanol–water partition coefficient (Wildman–Crippen LogP) is 4.69. The van der Waals surface area contributed by atoms with Crippen LogP contribution in [0.4, 0.5) is 5.69 Å². The summed E-state index contributed by atoms with van der Waals surface area (Å²) in [5.41, 5.74) is 2.47. The van der Waals surface area contributed by atoms with Crippen molar-refractivity contribution >= 4 is 69.1 Å². The van der Waals surface area contributed by atoms with Crippen molar-refractivity contribution in [2.45, 2.75) is 45.3 Å². The average Bonchev–Trinajstić information content (AvgIpc) is 3.65. The number of ether oxygens (including phenoxy) is 1. The molecule has 1 aliphatic rings. The number of aromatic nitrogens is 1. The minimum absolute atomic E-state index is 0.0278. The minimum atomic E-state index is -0.929. The van der Waals surface area contributed by atoms with Gasteiger partial charge in [0, 0.05) is 51.9 Å². The molecule has 44 heavy (non-hydrogen) atoms. The van der Waals surface area contributed by atoms with E-state index in [4.69, 9.17) is 4.74 Å². The van der Waals surface area contributed by atoms with Gasteiger partial charge < -0.3 is 25.0 Å². The van der Waals surface area contributed by atoms with Crippen molar-refractivity contribution in [2.24, 2.45) is 4.99 Å². The van der Waals surface area contributed by atoms with Crippen LogP contribution in [0.1, 0.15) is 42.0 Å². The second kappa shape index (κ2) is 12.0. The molecule has 11 heteroatoms. The summed E-state index contributed by atoms with van der Waals surface area (Å²) in [5.74, 6) is -0.0890. The van der Waals surface area contributed by atoms with Crippen molar-refractivity contribution in [1.82, 2.24) is 4.98 Å². The summed E-state index contributed by atoms with van der Waals surface area (Å²) in [7, 11) is 1.70. The van der Waals surface area contributed by atoms with Crippen LogP contribution in [0.3, 0.4) is 0 Å². The molecule has 0 aliphatic carbocycles. The maximum absolute atomic E-state index is 13.3. The Morgan fingerprint density at radius 1 is 1.09 bits per heavy atom. The molecule has 4 aromatic rings. The van der Waals surface area contributed by atoms with E-state index in [1.807, 2.05) is 56.3 Å². The lowest BCUT2D eigenvalue weighted by atomic mass is 9.78. The third kappa shape index (κ3) is 6.02. The molecule has 5 rings (SSSR count). The number of amides is 1. The van der Waals surface area contributed by atoms with Crippen LogP contribution >= 0.6 is 23.1 Å². The Morgan fingerprint density at radius 3 is 2.45 bits per heavy atom. The van der Waals surface area contributed by atoms with Crippen LogP contribution in [-0.2, 0) is 21.6 Å². The molecule has 3 aromatic carbocycles. The first-order valence-electron chi connectivity index (χ1n) is 13.8. The molecule has 1 aromatic heterocycles. The zero-order chi connectivity index (χ0) is 31.9. The van der Waals surface area contributed by atoms with E-state index in [0.29, 0.717) is 55.4 Å². The average molecular weight is 632 g/mol. The van der Waals surface area contributed by atoms with Crippen LogP contribution in [0.25, 0.3) is 23.4 Å². The molecular formula is C33H33N3O6S2. The van der Waals surface area contributed by atoms with Crippen LogP contribution in [0.5, 0.6) is 17.2 Å². The molecule has 1 atom stereocenters. The molecule has 0 spiro atoms. The number of nitrogens with zero attached hydrogens (tertiary/aromatic N) is 3. The molecule has 1 amide bonds. The molecule has 0 bridgehead atoms. The van der Waals surface area contributed by atoms with Crippen LogP contribution in [-0.4, -0.2) is 56.1 Å². The summed E-state index contributed by atoms with van der Waals surface area (Å²) in [6, 6.07) is 12.4. The Hall–Kier alpha value is -4.35. The Morgan fingerprint density at radius 2 is 1.80 bits per heavy atom. The number of carbonyl (C=O) groups excluding carboxylic acids is 1. The number of anilines is 1. The van der Waals surface area contributed by atoms with Gasteiger partial charge in [-0.2, -0.15) is 0 Å². The van der Waals surface area contributed by atoms with Gasteiger partial charge in [-0.3, -0.25) is 9.79 Å². The second-order valence-corrected chi connectivity index (χ2v) is 13.4. The Bertz CT molecular complexity index is 1920. The summed E-state index contributed by atoms with van der Waals surface area (Å²) in [4.78, 5) is 35.0. The van der Waals surface area contributed by atoms with Crippen molar-refractivity contribution in [1.29, 1.82) is 0 Å². The minimum Gasteiger partial charge on any atom is -0.507 e. The van der Waals surface area contributed by atoms with Gasteiger partial charge in [0.05, 0.1) is 10.2 Å². The predicted molar refractivity (Wildman–Crippen MR) is 177 cm³/mol. The normalized spacial score (nSPS) is 14.9. The molecule has 0 radical (unpaired) electrons. The first kappa shape index (κ1) is 31.1. The van der Waals surface area contributed by atoms with Gasteiger partial charge in [-0.1, -0.05) is 39.1 Å². The number of aromatic hydroxyl groups is 2. The first-order valence-corrected chi connectivity index (χ1v) is 15.6. The van der Waals surface area contributed by atoms with Gasteiger partial charge in [0.1, 0.15) is 33.9 Å². The summed E-state index contributed by atoms with van der Waals surface area (Å²) in [6.07, 6.45) is 0.0698. The van der Waals surface area contributed by atoms with Crippen LogP contribution in [0.15, 0.2) is 47.5 Å². The molecule has 228 valence electrons. The molecule has 1 aliphatic heterocycles.